The minimum Gasteiger partial charge on any atom is -0.463 e. The Balaban J connectivity index is 1.27. The summed E-state index contributed by atoms with van der Waals surface area (Å²) in [5, 5.41) is 12.3. The largest absolute Gasteiger partial charge is 0.463 e. The van der Waals surface area contributed by atoms with Crippen LogP contribution in [-0.4, -0.2) is 61.1 Å². The van der Waals surface area contributed by atoms with Gasteiger partial charge in [-0.15, -0.1) is 0 Å². The number of piperazine rings is 1. The van der Waals surface area contributed by atoms with Gasteiger partial charge in [-0.25, -0.2) is 4.79 Å². The molecule has 0 saturated carbocycles. The first-order chi connectivity index (χ1) is 17.1. The molecule has 10 heteroatoms. The second kappa shape index (κ2) is 11.2. The predicted octanol–water partition coefficient (Wildman–Crippen LogP) is 3.14. The molecule has 0 unspecified atom stereocenters. The van der Waals surface area contributed by atoms with Crippen molar-refractivity contribution in [2.24, 2.45) is 0 Å². The molecule has 0 aliphatic carbocycles. The van der Waals surface area contributed by atoms with Gasteiger partial charge in [0.15, 0.2) is 5.76 Å². The number of oxazole rings is 1. The van der Waals surface area contributed by atoms with E-state index in [1.54, 1.807) is 37.3 Å². The van der Waals surface area contributed by atoms with Crippen molar-refractivity contribution < 1.29 is 23.2 Å². The zero-order chi connectivity index (χ0) is 24.6. The Labute approximate surface area is 202 Å². The van der Waals surface area contributed by atoms with Crippen molar-refractivity contribution in [3.63, 3.8) is 0 Å². The molecule has 1 aliphatic heterocycles. The number of furan rings is 1. The molecule has 3 heterocycles. The van der Waals surface area contributed by atoms with Crippen LogP contribution in [0.4, 0.5) is 11.6 Å². The second-order valence-electron chi connectivity index (χ2n) is 7.78. The molecule has 4 rings (SSSR count). The Bertz CT molecular complexity index is 1220. The summed E-state index contributed by atoms with van der Waals surface area (Å²) in [6.07, 6.45) is 4.55. The number of aromatic nitrogens is 1. The van der Waals surface area contributed by atoms with Crippen LogP contribution in [0.25, 0.3) is 17.7 Å². The number of nitriles is 1. The SMILES string of the molecule is CCOC(=O)/C=C/c1ccc(NC(=O)CN2CCN(c3oc(-c4ccco4)nc3C#N)CC2)cc1. The molecule has 1 aromatic carbocycles. The lowest BCUT2D eigenvalue weighted by Gasteiger charge is -2.34. The van der Waals surface area contributed by atoms with Gasteiger partial charge in [0.05, 0.1) is 19.4 Å². The zero-order valence-corrected chi connectivity index (χ0v) is 19.3. The van der Waals surface area contributed by atoms with Crippen molar-refractivity contribution in [2.75, 3.05) is 49.5 Å². The lowest BCUT2D eigenvalue weighted by molar-refractivity contribution is -0.137. The molecule has 0 spiro atoms. The van der Waals surface area contributed by atoms with E-state index in [1.165, 1.54) is 12.3 Å². The number of carbonyl (C=O) groups excluding carboxylic acids is 2. The number of benzene rings is 1. The molecule has 180 valence electrons. The quantitative estimate of drug-likeness (QED) is 0.386. The number of carbonyl (C=O) groups is 2. The molecule has 0 atom stereocenters. The number of hydrogen-bond acceptors (Lipinski definition) is 9. The van der Waals surface area contributed by atoms with Crippen LogP contribution in [0, 0.1) is 11.3 Å². The molecule has 1 saturated heterocycles. The average Bonchev–Trinajstić information content (AvgIpc) is 3.54. The summed E-state index contributed by atoms with van der Waals surface area (Å²) < 4.78 is 16.0. The Hall–Kier alpha value is -4.36. The Morgan fingerprint density at radius 2 is 1.97 bits per heavy atom. The van der Waals surface area contributed by atoms with E-state index in [1.807, 2.05) is 21.9 Å². The molecule has 1 N–H and O–H groups in total. The monoisotopic (exact) mass is 475 g/mol. The number of hydrogen-bond donors (Lipinski definition) is 1. The number of nitrogens with zero attached hydrogens (tertiary/aromatic N) is 4. The van der Waals surface area contributed by atoms with Gasteiger partial charge in [0.2, 0.25) is 17.5 Å². The molecular formula is C25H25N5O5. The van der Waals surface area contributed by atoms with Gasteiger partial charge < -0.3 is 23.8 Å². The number of rotatable bonds is 8. The summed E-state index contributed by atoms with van der Waals surface area (Å²) in [7, 11) is 0. The predicted molar refractivity (Wildman–Crippen MR) is 128 cm³/mol. The molecule has 10 nitrogen and oxygen atoms in total. The smallest absolute Gasteiger partial charge is 0.330 e. The van der Waals surface area contributed by atoms with Crippen LogP contribution in [0.15, 0.2) is 57.6 Å². The van der Waals surface area contributed by atoms with E-state index < -0.39 is 5.97 Å². The van der Waals surface area contributed by atoms with E-state index in [0.717, 1.165) is 5.56 Å². The van der Waals surface area contributed by atoms with E-state index in [9.17, 15) is 14.9 Å². The van der Waals surface area contributed by atoms with Crippen molar-refractivity contribution in [2.45, 2.75) is 6.92 Å². The van der Waals surface area contributed by atoms with E-state index in [2.05, 4.69) is 16.4 Å². The molecule has 0 bridgehead atoms. The Morgan fingerprint density at radius 1 is 1.20 bits per heavy atom. The first-order valence-corrected chi connectivity index (χ1v) is 11.2. The second-order valence-corrected chi connectivity index (χ2v) is 7.78. The fourth-order valence-corrected chi connectivity index (χ4v) is 3.65. The van der Waals surface area contributed by atoms with Gasteiger partial charge in [0.1, 0.15) is 6.07 Å². The highest BCUT2D eigenvalue weighted by atomic mass is 16.5. The van der Waals surface area contributed by atoms with Crippen LogP contribution in [0.3, 0.4) is 0 Å². The fraction of sp³-hybridized carbons (Fsp3) is 0.280. The highest BCUT2D eigenvalue weighted by molar-refractivity contribution is 5.92. The fourth-order valence-electron chi connectivity index (χ4n) is 3.65. The van der Waals surface area contributed by atoms with Gasteiger partial charge in [-0.1, -0.05) is 12.1 Å². The first-order valence-electron chi connectivity index (χ1n) is 11.2. The molecule has 3 aromatic rings. The number of ether oxygens (including phenoxy) is 1. The molecular weight excluding hydrogens is 450 g/mol. The van der Waals surface area contributed by atoms with Crippen LogP contribution < -0.4 is 10.2 Å². The number of anilines is 2. The van der Waals surface area contributed by atoms with Gasteiger partial charge in [0, 0.05) is 37.9 Å². The van der Waals surface area contributed by atoms with Crippen LogP contribution in [-0.2, 0) is 14.3 Å². The van der Waals surface area contributed by atoms with Crippen molar-refractivity contribution in [3.05, 3.63) is 60.0 Å². The lowest BCUT2D eigenvalue weighted by Crippen LogP contribution is -2.48. The maximum atomic E-state index is 12.5. The summed E-state index contributed by atoms with van der Waals surface area (Å²) in [5.74, 6) is 0.637. The minimum atomic E-state index is -0.393. The highest BCUT2D eigenvalue weighted by Gasteiger charge is 2.26. The van der Waals surface area contributed by atoms with Crippen LogP contribution in [0.2, 0.25) is 0 Å². The third-order valence-electron chi connectivity index (χ3n) is 5.37. The van der Waals surface area contributed by atoms with Crippen LogP contribution in [0.1, 0.15) is 18.2 Å². The summed E-state index contributed by atoms with van der Waals surface area (Å²) in [6.45, 7) is 4.78. The summed E-state index contributed by atoms with van der Waals surface area (Å²) in [6, 6.07) is 12.7. The molecule has 1 amide bonds. The van der Waals surface area contributed by atoms with Crippen molar-refractivity contribution in [3.8, 4) is 17.7 Å². The first kappa shape index (κ1) is 23.8. The third kappa shape index (κ3) is 6.16. The van der Waals surface area contributed by atoms with Crippen molar-refractivity contribution in [1.82, 2.24) is 9.88 Å². The van der Waals surface area contributed by atoms with Gasteiger partial charge >= 0.3 is 5.97 Å². The normalized spacial score (nSPS) is 14.1. The third-order valence-corrected chi connectivity index (χ3v) is 5.37. The number of nitrogens with one attached hydrogen (secondary N) is 1. The maximum Gasteiger partial charge on any atom is 0.330 e. The summed E-state index contributed by atoms with van der Waals surface area (Å²) >= 11 is 0. The van der Waals surface area contributed by atoms with Gasteiger partial charge in [-0.3, -0.25) is 9.69 Å². The van der Waals surface area contributed by atoms with Gasteiger partial charge in [-0.2, -0.15) is 10.2 Å². The van der Waals surface area contributed by atoms with Gasteiger partial charge in [-0.05, 0) is 42.8 Å². The van der Waals surface area contributed by atoms with Crippen molar-refractivity contribution in [1.29, 1.82) is 5.26 Å². The van der Waals surface area contributed by atoms with E-state index in [0.29, 0.717) is 50.1 Å². The molecule has 35 heavy (non-hydrogen) atoms. The summed E-state index contributed by atoms with van der Waals surface area (Å²) in [5.41, 5.74) is 1.71. The Morgan fingerprint density at radius 3 is 2.63 bits per heavy atom. The van der Waals surface area contributed by atoms with Crippen LogP contribution in [0.5, 0.6) is 0 Å². The molecule has 2 aromatic heterocycles. The topological polar surface area (TPSA) is 125 Å². The number of amides is 1. The number of esters is 1. The zero-order valence-electron chi connectivity index (χ0n) is 19.3. The molecule has 1 fully saturated rings. The maximum absolute atomic E-state index is 12.5. The average molecular weight is 476 g/mol. The summed E-state index contributed by atoms with van der Waals surface area (Å²) in [4.78, 5) is 32.1. The Kier molecular flexibility index (Phi) is 7.60. The van der Waals surface area contributed by atoms with E-state index in [-0.39, 0.29) is 24.0 Å². The standard InChI is InChI=1S/C25H25N5O5/c1-2-33-23(32)10-7-18-5-8-19(9-6-18)27-22(31)17-29-11-13-30(14-12-29)25-20(16-26)28-24(35-25)21-4-3-15-34-21/h3-10,15H,2,11-14,17H2,1H3,(H,27,31)/b10-7+. The van der Waals surface area contributed by atoms with Gasteiger partial charge in [0.25, 0.3) is 5.89 Å². The molecule has 1 aliphatic rings. The van der Waals surface area contributed by atoms with E-state index >= 15 is 0 Å². The lowest BCUT2D eigenvalue weighted by atomic mass is 10.2. The van der Waals surface area contributed by atoms with E-state index in [4.69, 9.17) is 13.6 Å². The van der Waals surface area contributed by atoms with Crippen molar-refractivity contribution >= 4 is 29.5 Å². The highest BCUT2D eigenvalue weighted by Crippen LogP contribution is 2.29. The van der Waals surface area contributed by atoms with Crippen LogP contribution >= 0.6 is 0 Å². The minimum absolute atomic E-state index is 0.120. The molecule has 0 radical (unpaired) electrons.